The van der Waals surface area contributed by atoms with Crippen molar-refractivity contribution < 1.29 is 9.53 Å². The minimum Gasteiger partial charge on any atom is -0.495 e. The molecule has 0 unspecified atom stereocenters. The Bertz CT molecular complexity index is 659. The van der Waals surface area contributed by atoms with E-state index in [0.29, 0.717) is 23.9 Å². The minimum absolute atomic E-state index is 0.205. The monoisotopic (exact) mass is 329 g/mol. The molecule has 1 aromatic heterocycles. The van der Waals surface area contributed by atoms with Crippen LogP contribution in [0.5, 0.6) is 5.75 Å². The first-order valence-electron chi connectivity index (χ1n) is 8.13. The molecule has 7 heteroatoms. The molecule has 2 amide bonds. The fourth-order valence-corrected chi connectivity index (χ4v) is 2.97. The molecule has 0 bridgehead atoms. The summed E-state index contributed by atoms with van der Waals surface area (Å²) in [6, 6.07) is 7.16. The van der Waals surface area contributed by atoms with Crippen LogP contribution in [0.25, 0.3) is 0 Å². The van der Waals surface area contributed by atoms with Crippen molar-refractivity contribution in [2.45, 2.75) is 13.0 Å². The van der Waals surface area contributed by atoms with Crippen molar-refractivity contribution >= 4 is 11.7 Å². The highest BCUT2D eigenvalue weighted by atomic mass is 16.5. The number of imidazole rings is 1. The van der Waals surface area contributed by atoms with Crippen molar-refractivity contribution in [3.8, 4) is 5.75 Å². The smallest absolute Gasteiger partial charge is 0.319 e. The van der Waals surface area contributed by atoms with Crippen LogP contribution in [0.15, 0.2) is 36.7 Å². The maximum absolute atomic E-state index is 12.1. The van der Waals surface area contributed by atoms with Crippen molar-refractivity contribution in [3.05, 3.63) is 42.5 Å². The van der Waals surface area contributed by atoms with E-state index in [1.807, 2.05) is 30.5 Å². The van der Waals surface area contributed by atoms with E-state index in [1.165, 1.54) is 0 Å². The maximum Gasteiger partial charge on any atom is 0.319 e. The van der Waals surface area contributed by atoms with Crippen LogP contribution in [0.2, 0.25) is 0 Å². The summed E-state index contributed by atoms with van der Waals surface area (Å²) in [5.74, 6) is 2.10. The minimum atomic E-state index is -0.205. The lowest BCUT2D eigenvalue weighted by atomic mass is 10.1. The van der Waals surface area contributed by atoms with Crippen LogP contribution in [-0.4, -0.2) is 47.6 Å². The lowest BCUT2D eigenvalue weighted by molar-refractivity contribution is 0.249. The molecule has 128 valence electrons. The number of urea groups is 1. The van der Waals surface area contributed by atoms with Gasteiger partial charge in [-0.05, 0) is 31.0 Å². The quantitative estimate of drug-likeness (QED) is 0.758. The number of para-hydroxylation sites is 2. The molecule has 7 nitrogen and oxygen atoms in total. The molecule has 0 saturated carbocycles. The number of carbonyl (C=O) groups is 1. The van der Waals surface area contributed by atoms with Gasteiger partial charge in [0.1, 0.15) is 11.6 Å². The van der Waals surface area contributed by atoms with E-state index in [0.717, 1.165) is 31.9 Å². The second-order valence-electron chi connectivity index (χ2n) is 5.96. The number of carbonyl (C=O) groups excluding carboxylic acids is 1. The Morgan fingerprint density at radius 1 is 1.46 bits per heavy atom. The summed E-state index contributed by atoms with van der Waals surface area (Å²) in [5.41, 5.74) is 0.670. The van der Waals surface area contributed by atoms with E-state index in [2.05, 4.69) is 25.5 Å². The van der Waals surface area contributed by atoms with Crippen LogP contribution in [0.4, 0.5) is 10.5 Å². The number of methoxy groups -OCH3 is 1. The number of amides is 2. The second kappa shape index (κ2) is 7.83. The van der Waals surface area contributed by atoms with Crippen LogP contribution < -0.4 is 15.4 Å². The number of rotatable bonds is 6. The summed E-state index contributed by atoms with van der Waals surface area (Å²) in [4.78, 5) is 21.8. The van der Waals surface area contributed by atoms with Gasteiger partial charge < -0.3 is 20.4 Å². The molecule has 2 heterocycles. The molecule has 1 atom stereocenters. The van der Waals surface area contributed by atoms with Gasteiger partial charge in [0.25, 0.3) is 0 Å². The van der Waals surface area contributed by atoms with Crippen LogP contribution >= 0.6 is 0 Å². The molecule has 3 rings (SSSR count). The van der Waals surface area contributed by atoms with E-state index in [9.17, 15) is 4.79 Å². The second-order valence-corrected chi connectivity index (χ2v) is 5.96. The molecule has 1 fully saturated rings. The molecule has 0 spiro atoms. The zero-order valence-corrected chi connectivity index (χ0v) is 13.8. The number of likely N-dealkylation sites (tertiary alicyclic amines) is 1. The van der Waals surface area contributed by atoms with Crippen LogP contribution in [0.1, 0.15) is 12.2 Å². The van der Waals surface area contributed by atoms with Gasteiger partial charge in [-0.15, -0.1) is 0 Å². The van der Waals surface area contributed by atoms with Crippen molar-refractivity contribution in [3.63, 3.8) is 0 Å². The van der Waals surface area contributed by atoms with E-state index < -0.39 is 0 Å². The summed E-state index contributed by atoms with van der Waals surface area (Å²) in [5, 5.41) is 5.78. The third-order valence-electron chi connectivity index (χ3n) is 4.20. The fourth-order valence-electron chi connectivity index (χ4n) is 2.97. The lowest BCUT2D eigenvalue weighted by Crippen LogP contribution is -2.34. The topological polar surface area (TPSA) is 82.3 Å². The van der Waals surface area contributed by atoms with Gasteiger partial charge in [0.2, 0.25) is 0 Å². The van der Waals surface area contributed by atoms with Crippen molar-refractivity contribution in [2.24, 2.45) is 5.92 Å². The Balaban J connectivity index is 1.42. The molecule has 1 aliphatic heterocycles. The van der Waals surface area contributed by atoms with Crippen molar-refractivity contribution in [1.82, 2.24) is 20.2 Å². The molecule has 24 heavy (non-hydrogen) atoms. The zero-order chi connectivity index (χ0) is 16.8. The molecule has 1 aliphatic rings. The van der Waals surface area contributed by atoms with Crippen LogP contribution in [-0.2, 0) is 6.54 Å². The van der Waals surface area contributed by atoms with Gasteiger partial charge >= 0.3 is 6.03 Å². The number of hydrogen-bond donors (Lipinski definition) is 3. The Morgan fingerprint density at radius 3 is 3.12 bits per heavy atom. The first kappa shape index (κ1) is 16.3. The molecule has 1 aromatic carbocycles. The van der Waals surface area contributed by atoms with Gasteiger partial charge in [-0.25, -0.2) is 9.78 Å². The number of benzene rings is 1. The van der Waals surface area contributed by atoms with E-state index in [4.69, 9.17) is 4.74 Å². The molecular formula is C17H23N5O2. The van der Waals surface area contributed by atoms with Crippen LogP contribution in [0.3, 0.4) is 0 Å². The predicted molar refractivity (Wildman–Crippen MR) is 92.0 cm³/mol. The Kier molecular flexibility index (Phi) is 5.32. The van der Waals surface area contributed by atoms with Crippen molar-refractivity contribution in [2.75, 3.05) is 32.1 Å². The van der Waals surface area contributed by atoms with Gasteiger partial charge in [-0.2, -0.15) is 0 Å². The third kappa shape index (κ3) is 4.26. The number of anilines is 1. The Hall–Kier alpha value is -2.54. The van der Waals surface area contributed by atoms with Gasteiger partial charge in [-0.1, -0.05) is 12.1 Å². The molecule has 0 aliphatic carbocycles. The molecule has 3 N–H and O–H groups in total. The van der Waals surface area contributed by atoms with Crippen molar-refractivity contribution in [1.29, 1.82) is 0 Å². The molecule has 1 saturated heterocycles. The zero-order valence-electron chi connectivity index (χ0n) is 13.8. The highest BCUT2D eigenvalue weighted by molar-refractivity contribution is 5.90. The van der Waals surface area contributed by atoms with E-state index in [1.54, 1.807) is 13.3 Å². The summed E-state index contributed by atoms with van der Waals surface area (Å²) < 4.78 is 5.23. The first-order chi connectivity index (χ1) is 11.7. The SMILES string of the molecule is COc1ccccc1NC(=O)NC[C@@H]1CCN(Cc2ncc[nH]2)C1. The van der Waals surface area contributed by atoms with E-state index in [-0.39, 0.29) is 6.03 Å². The van der Waals surface area contributed by atoms with Gasteiger partial charge in [0, 0.05) is 25.5 Å². The number of aromatic nitrogens is 2. The normalized spacial score (nSPS) is 17.6. The molecule has 0 radical (unpaired) electrons. The predicted octanol–water partition coefficient (Wildman–Crippen LogP) is 2.06. The van der Waals surface area contributed by atoms with Crippen LogP contribution in [0, 0.1) is 5.92 Å². The van der Waals surface area contributed by atoms with Gasteiger partial charge in [0.05, 0.1) is 19.3 Å². The number of nitrogens with zero attached hydrogens (tertiary/aromatic N) is 2. The van der Waals surface area contributed by atoms with Gasteiger partial charge in [-0.3, -0.25) is 4.90 Å². The number of H-pyrrole nitrogens is 1. The highest BCUT2D eigenvalue weighted by Crippen LogP contribution is 2.23. The molecular weight excluding hydrogens is 306 g/mol. The summed E-state index contributed by atoms with van der Waals surface area (Å²) >= 11 is 0. The molecule has 2 aromatic rings. The summed E-state index contributed by atoms with van der Waals surface area (Å²) in [7, 11) is 1.59. The fraction of sp³-hybridized carbons (Fsp3) is 0.412. The first-order valence-corrected chi connectivity index (χ1v) is 8.13. The Labute approximate surface area is 141 Å². The average Bonchev–Trinajstić information content (AvgIpc) is 3.26. The third-order valence-corrected chi connectivity index (χ3v) is 4.20. The maximum atomic E-state index is 12.1. The number of hydrogen-bond acceptors (Lipinski definition) is 4. The standard InChI is InChI=1S/C17H23N5O2/c1-24-15-5-3-2-4-14(15)21-17(23)20-10-13-6-9-22(11-13)12-16-18-7-8-19-16/h2-5,7-8,13H,6,9-12H2,1H3,(H,18,19)(H2,20,21,23)/t13-/m0/s1. The highest BCUT2D eigenvalue weighted by Gasteiger charge is 2.23. The number of aromatic amines is 1. The lowest BCUT2D eigenvalue weighted by Gasteiger charge is -2.15. The van der Waals surface area contributed by atoms with Gasteiger partial charge in [0.15, 0.2) is 0 Å². The van der Waals surface area contributed by atoms with E-state index >= 15 is 0 Å². The largest absolute Gasteiger partial charge is 0.495 e. The Morgan fingerprint density at radius 2 is 2.33 bits per heavy atom. The number of nitrogens with one attached hydrogen (secondary N) is 3. The summed E-state index contributed by atoms with van der Waals surface area (Å²) in [6.45, 7) is 3.49. The average molecular weight is 329 g/mol. The summed E-state index contributed by atoms with van der Waals surface area (Å²) in [6.07, 6.45) is 4.69. The number of ether oxygens (including phenoxy) is 1.